The highest BCUT2D eigenvalue weighted by atomic mass is 79.9. The van der Waals surface area contributed by atoms with Gasteiger partial charge in [0.15, 0.2) is 0 Å². The third-order valence-corrected chi connectivity index (χ3v) is 2.78. The lowest BCUT2D eigenvalue weighted by Gasteiger charge is -2.08. The molecule has 0 saturated heterocycles. The number of benzene rings is 1. The number of hydrogen-bond acceptors (Lipinski definition) is 4. The van der Waals surface area contributed by atoms with Gasteiger partial charge in [0.25, 0.3) is 0 Å². The molecule has 0 aliphatic rings. The summed E-state index contributed by atoms with van der Waals surface area (Å²) in [7, 11) is 2.83. The van der Waals surface area contributed by atoms with Crippen LogP contribution in [0.2, 0.25) is 0 Å². The highest BCUT2D eigenvalue weighted by Gasteiger charge is 2.13. The number of carbonyl (C=O) groups excluding carboxylic acids is 1. The molecule has 84 valence electrons. The second-order valence-electron chi connectivity index (χ2n) is 3.00. The Balaban J connectivity index is 3.18. The third-order valence-electron chi connectivity index (χ3n) is 2.07. The van der Waals surface area contributed by atoms with Crippen molar-refractivity contribution < 1.29 is 14.3 Å². The van der Waals surface area contributed by atoms with Crippen molar-refractivity contribution in [1.29, 1.82) is 5.26 Å². The first-order chi connectivity index (χ1) is 7.62. The van der Waals surface area contributed by atoms with E-state index < -0.39 is 0 Å². The van der Waals surface area contributed by atoms with Gasteiger partial charge in [-0.2, -0.15) is 5.26 Å². The van der Waals surface area contributed by atoms with Gasteiger partial charge >= 0.3 is 5.97 Å². The standard InChI is InChI=1S/C11H10BrNO3/c1-15-8-3-7(6-13)9(10(12)4-8)5-11(14)16-2/h3-4H,5H2,1-2H3. The lowest BCUT2D eigenvalue weighted by atomic mass is 10.1. The predicted molar refractivity (Wildman–Crippen MR) is 61.1 cm³/mol. The largest absolute Gasteiger partial charge is 0.497 e. The van der Waals surface area contributed by atoms with Crippen molar-refractivity contribution in [2.75, 3.05) is 14.2 Å². The van der Waals surface area contributed by atoms with Crippen molar-refractivity contribution in [1.82, 2.24) is 0 Å². The summed E-state index contributed by atoms with van der Waals surface area (Å²) in [4.78, 5) is 11.2. The molecule has 0 aromatic heterocycles. The van der Waals surface area contributed by atoms with Crippen LogP contribution in [-0.2, 0) is 16.0 Å². The fraction of sp³-hybridized carbons (Fsp3) is 0.273. The summed E-state index contributed by atoms with van der Waals surface area (Å²) < 4.78 is 10.3. The van der Waals surface area contributed by atoms with Crippen LogP contribution in [0.5, 0.6) is 5.75 Å². The maximum atomic E-state index is 11.2. The Bertz CT molecular complexity index is 451. The second kappa shape index (κ2) is 5.52. The quantitative estimate of drug-likeness (QED) is 0.797. The van der Waals surface area contributed by atoms with Crippen LogP contribution >= 0.6 is 15.9 Å². The van der Waals surface area contributed by atoms with E-state index in [2.05, 4.69) is 20.7 Å². The normalized spacial score (nSPS) is 9.38. The first-order valence-corrected chi connectivity index (χ1v) is 5.25. The number of rotatable bonds is 3. The monoisotopic (exact) mass is 283 g/mol. The fourth-order valence-electron chi connectivity index (χ4n) is 1.23. The highest BCUT2D eigenvalue weighted by molar-refractivity contribution is 9.10. The van der Waals surface area contributed by atoms with Crippen molar-refractivity contribution in [3.05, 3.63) is 27.7 Å². The Hall–Kier alpha value is -1.54. The summed E-state index contributed by atoms with van der Waals surface area (Å²) in [5.74, 6) is 0.180. The van der Waals surface area contributed by atoms with E-state index in [1.54, 1.807) is 12.1 Å². The number of nitrogens with zero attached hydrogens (tertiary/aromatic N) is 1. The average Bonchev–Trinajstić information content (AvgIpc) is 2.30. The molecule has 0 aliphatic carbocycles. The molecule has 0 N–H and O–H groups in total. The molecule has 0 heterocycles. The molecule has 1 aromatic rings. The zero-order valence-electron chi connectivity index (χ0n) is 8.91. The summed E-state index contributed by atoms with van der Waals surface area (Å²) in [5.41, 5.74) is 1.01. The molecular formula is C11H10BrNO3. The Labute approximate surface area is 102 Å². The van der Waals surface area contributed by atoms with Gasteiger partial charge in [-0.05, 0) is 17.7 Å². The van der Waals surface area contributed by atoms with Crippen LogP contribution in [-0.4, -0.2) is 20.2 Å². The van der Waals surface area contributed by atoms with Crippen molar-refractivity contribution in [2.45, 2.75) is 6.42 Å². The molecule has 16 heavy (non-hydrogen) atoms. The smallest absolute Gasteiger partial charge is 0.310 e. The lowest BCUT2D eigenvalue weighted by molar-refractivity contribution is -0.139. The zero-order chi connectivity index (χ0) is 12.1. The maximum absolute atomic E-state index is 11.2. The van der Waals surface area contributed by atoms with Gasteiger partial charge in [-0.3, -0.25) is 4.79 Å². The number of ether oxygens (including phenoxy) is 2. The van der Waals surface area contributed by atoms with Gasteiger partial charge in [0.1, 0.15) is 5.75 Å². The van der Waals surface area contributed by atoms with E-state index in [-0.39, 0.29) is 12.4 Å². The van der Waals surface area contributed by atoms with Crippen molar-refractivity contribution in [3.8, 4) is 11.8 Å². The predicted octanol–water partition coefficient (Wildman–Crippen LogP) is 2.04. The van der Waals surface area contributed by atoms with Crippen LogP contribution < -0.4 is 4.74 Å². The number of hydrogen-bond donors (Lipinski definition) is 0. The van der Waals surface area contributed by atoms with Crippen molar-refractivity contribution in [3.63, 3.8) is 0 Å². The van der Waals surface area contributed by atoms with Crippen LogP contribution in [0.25, 0.3) is 0 Å². The number of carbonyl (C=O) groups is 1. The maximum Gasteiger partial charge on any atom is 0.310 e. The summed E-state index contributed by atoms with van der Waals surface area (Å²) >= 11 is 3.30. The van der Waals surface area contributed by atoms with Gasteiger partial charge in [0.2, 0.25) is 0 Å². The zero-order valence-corrected chi connectivity index (χ0v) is 10.5. The summed E-state index contributed by atoms with van der Waals surface area (Å²) in [6.45, 7) is 0. The molecule has 0 radical (unpaired) electrons. The van der Waals surface area contributed by atoms with E-state index in [9.17, 15) is 4.79 Å². The number of halogens is 1. The minimum Gasteiger partial charge on any atom is -0.497 e. The molecule has 5 heteroatoms. The fourth-order valence-corrected chi connectivity index (χ4v) is 1.80. The number of esters is 1. The minimum absolute atomic E-state index is 0.0595. The van der Waals surface area contributed by atoms with Crippen LogP contribution in [0, 0.1) is 11.3 Å². The summed E-state index contributed by atoms with van der Waals surface area (Å²) in [6.07, 6.45) is 0.0595. The number of nitriles is 1. The third kappa shape index (κ3) is 2.74. The van der Waals surface area contributed by atoms with E-state index >= 15 is 0 Å². The van der Waals surface area contributed by atoms with Crippen molar-refractivity contribution >= 4 is 21.9 Å². The lowest BCUT2D eigenvalue weighted by Crippen LogP contribution is -2.07. The van der Waals surface area contributed by atoms with Gasteiger partial charge < -0.3 is 9.47 Å². The van der Waals surface area contributed by atoms with Crippen LogP contribution in [0.3, 0.4) is 0 Å². The topological polar surface area (TPSA) is 59.3 Å². The first kappa shape index (κ1) is 12.5. The van der Waals surface area contributed by atoms with Gasteiger partial charge in [0.05, 0.1) is 32.3 Å². The second-order valence-corrected chi connectivity index (χ2v) is 3.85. The van der Waals surface area contributed by atoms with Crippen molar-refractivity contribution in [2.24, 2.45) is 0 Å². The first-order valence-electron chi connectivity index (χ1n) is 4.45. The van der Waals surface area contributed by atoms with E-state index in [4.69, 9.17) is 10.00 Å². The SMILES string of the molecule is COC(=O)Cc1c(Br)cc(OC)cc1C#N. The molecule has 0 atom stereocenters. The van der Waals surface area contributed by atoms with E-state index in [1.165, 1.54) is 14.2 Å². The molecule has 1 aromatic carbocycles. The average molecular weight is 284 g/mol. The Morgan fingerprint density at radius 3 is 2.69 bits per heavy atom. The highest BCUT2D eigenvalue weighted by Crippen LogP contribution is 2.27. The molecule has 1 rings (SSSR count). The van der Waals surface area contributed by atoms with E-state index in [0.29, 0.717) is 21.3 Å². The van der Waals surface area contributed by atoms with Crippen LogP contribution in [0.1, 0.15) is 11.1 Å². The molecule has 0 unspecified atom stereocenters. The molecular weight excluding hydrogens is 274 g/mol. The minimum atomic E-state index is -0.387. The molecule has 0 fully saturated rings. The van der Waals surface area contributed by atoms with Crippen LogP contribution in [0.15, 0.2) is 16.6 Å². The summed E-state index contributed by atoms with van der Waals surface area (Å²) in [6, 6.07) is 5.32. The Kier molecular flexibility index (Phi) is 4.32. The molecule has 4 nitrogen and oxygen atoms in total. The molecule has 0 saturated carbocycles. The Morgan fingerprint density at radius 1 is 1.50 bits per heavy atom. The van der Waals surface area contributed by atoms with Gasteiger partial charge in [-0.1, -0.05) is 15.9 Å². The van der Waals surface area contributed by atoms with Gasteiger partial charge in [-0.15, -0.1) is 0 Å². The molecule has 0 spiro atoms. The van der Waals surface area contributed by atoms with Gasteiger partial charge in [0, 0.05) is 4.47 Å². The van der Waals surface area contributed by atoms with E-state index in [0.717, 1.165) is 0 Å². The molecule has 0 bridgehead atoms. The van der Waals surface area contributed by atoms with E-state index in [1.807, 2.05) is 6.07 Å². The van der Waals surface area contributed by atoms with Crippen LogP contribution in [0.4, 0.5) is 0 Å². The van der Waals surface area contributed by atoms with Gasteiger partial charge in [-0.25, -0.2) is 0 Å². The number of methoxy groups -OCH3 is 2. The summed E-state index contributed by atoms with van der Waals surface area (Å²) in [5, 5.41) is 8.97. The molecule has 0 amide bonds. The molecule has 0 aliphatic heterocycles. The Morgan fingerprint density at radius 2 is 2.19 bits per heavy atom.